The molecule has 0 aromatic carbocycles. The van der Waals surface area contributed by atoms with Gasteiger partial charge in [0, 0.05) is 25.2 Å². The Kier molecular flexibility index (Phi) is 4.09. The van der Waals surface area contributed by atoms with E-state index in [0.717, 1.165) is 30.0 Å². The Bertz CT molecular complexity index is 647. The number of nitrogens with zero attached hydrogens (tertiary/aromatic N) is 4. The van der Waals surface area contributed by atoms with Crippen molar-refractivity contribution in [3.63, 3.8) is 0 Å². The second-order valence-electron chi connectivity index (χ2n) is 6.74. The fraction of sp³-hybridized carbons (Fsp3) is 0.647. The summed E-state index contributed by atoms with van der Waals surface area (Å²) in [5, 5.41) is 0. The van der Waals surface area contributed by atoms with Gasteiger partial charge in [-0.05, 0) is 62.4 Å². The van der Waals surface area contributed by atoms with Crippen molar-refractivity contribution in [2.24, 2.45) is 5.92 Å². The Morgan fingerprint density at radius 2 is 2.32 bits per heavy atom. The highest BCUT2D eigenvalue weighted by Crippen LogP contribution is 2.31. The second kappa shape index (κ2) is 6.20. The van der Waals surface area contributed by atoms with Crippen molar-refractivity contribution < 1.29 is 0 Å². The Morgan fingerprint density at radius 3 is 3.14 bits per heavy atom. The van der Waals surface area contributed by atoms with Gasteiger partial charge in [0.2, 0.25) is 0 Å². The lowest BCUT2D eigenvalue weighted by Crippen LogP contribution is -2.34. The molecule has 2 fully saturated rings. The summed E-state index contributed by atoms with van der Waals surface area (Å²) in [6.07, 6.45) is 6.88. The van der Waals surface area contributed by atoms with Crippen molar-refractivity contribution in [3.05, 3.63) is 24.2 Å². The SMILES string of the molecule is CN1CCCC(n2c(CC3CCSC3)nc3cccnc32)C1. The van der Waals surface area contributed by atoms with Crippen LogP contribution in [0.5, 0.6) is 0 Å². The van der Waals surface area contributed by atoms with Crippen LogP contribution in [0.2, 0.25) is 0 Å². The summed E-state index contributed by atoms with van der Waals surface area (Å²) >= 11 is 2.09. The first kappa shape index (κ1) is 14.5. The highest BCUT2D eigenvalue weighted by atomic mass is 32.2. The first-order valence-corrected chi connectivity index (χ1v) is 9.55. The zero-order chi connectivity index (χ0) is 14.9. The van der Waals surface area contributed by atoms with E-state index in [1.807, 2.05) is 12.3 Å². The lowest BCUT2D eigenvalue weighted by atomic mass is 10.0. The topological polar surface area (TPSA) is 34.0 Å². The number of likely N-dealkylation sites (N-methyl/N-ethyl adjacent to an activating group) is 1. The van der Waals surface area contributed by atoms with Crippen molar-refractivity contribution in [1.82, 2.24) is 19.4 Å². The van der Waals surface area contributed by atoms with Crippen molar-refractivity contribution in [2.75, 3.05) is 31.6 Å². The summed E-state index contributed by atoms with van der Waals surface area (Å²) in [4.78, 5) is 12.0. The van der Waals surface area contributed by atoms with Crippen LogP contribution in [-0.2, 0) is 6.42 Å². The summed E-state index contributed by atoms with van der Waals surface area (Å²) in [6, 6.07) is 4.64. The van der Waals surface area contributed by atoms with Gasteiger partial charge in [0.1, 0.15) is 11.3 Å². The molecule has 4 heterocycles. The lowest BCUT2D eigenvalue weighted by molar-refractivity contribution is 0.211. The average Bonchev–Trinajstić information content (AvgIpc) is 3.14. The molecule has 22 heavy (non-hydrogen) atoms. The summed E-state index contributed by atoms with van der Waals surface area (Å²) in [6.45, 7) is 2.33. The van der Waals surface area contributed by atoms with Crippen molar-refractivity contribution in [1.29, 1.82) is 0 Å². The molecule has 0 radical (unpaired) electrons. The monoisotopic (exact) mass is 316 g/mol. The molecule has 2 atom stereocenters. The van der Waals surface area contributed by atoms with E-state index in [1.165, 1.54) is 43.1 Å². The predicted molar refractivity (Wildman–Crippen MR) is 92.4 cm³/mol. The molecule has 2 aromatic rings. The molecule has 2 aromatic heterocycles. The maximum atomic E-state index is 4.95. The Labute approximate surface area is 136 Å². The number of thioether (sulfide) groups is 1. The molecule has 2 aliphatic heterocycles. The minimum absolute atomic E-state index is 0.530. The number of imidazole rings is 1. The van der Waals surface area contributed by atoms with Crippen molar-refractivity contribution in [2.45, 2.75) is 31.7 Å². The van der Waals surface area contributed by atoms with Gasteiger partial charge in [0.15, 0.2) is 5.65 Å². The van der Waals surface area contributed by atoms with Crippen LogP contribution in [0.3, 0.4) is 0 Å². The highest BCUT2D eigenvalue weighted by molar-refractivity contribution is 7.99. The van der Waals surface area contributed by atoms with E-state index in [2.05, 4.69) is 39.3 Å². The zero-order valence-electron chi connectivity index (χ0n) is 13.2. The van der Waals surface area contributed by atoms with Crippen LogP contribution < -0.4 is 0 Å². The largest absolute Gasteiger partial charge is 0.308 e. The maximum Gasteiger partial charge on any atom is 0.160 e. The number of pyridine rings is 1. The number of fused-ring (bicyclic) bond motifs is 1. The average molecular weight is 316 g/mol. The smallest absolute Gasteiger partial charge is 0.160 e. The summed E-state index contributed by atoms with van der Waals surface area (Å²) in [7, 11) is 2.23. The Hall–Kier alpha value is -1.07. The van der Waals surface area contributed by atoms with Crippen molar-refractivity contribution in [3.8, 4) is 0 Å². The molecule has 4 rings (SSSR count). The normalized spacial score (nSPS) is 26.8. The fourth-order valence-electron chi connectivity index (χ4n) is 3.86. The van der Waals surface area contributed by atoms with Crippen LogP contribution in [0.25, 0.3) is 11.2 Å². The quantitative estimate of drug-likeness (QED) is 0.872. The standard InChI is InChI=1S/C17H24N4S/c1-20-8-3-4-14(11-20)21-16(10-13-6-9-22-12-13)19-15-5-2-7-18-17(15)21/h2,5,7,13-14H,3-4,6,8-12H2,1H3. The molecule has 2 aliphatic rings. The van der Waals surface area contributed by atoms with Gasteiger partial charge in [0.25, 0.3) is 0 Å². The van der Waals surface area contributed by atoms with Gasteiger partial charge in [-0.15, -0.1) is 0 Å². The maximum absolute atomic E-state index is 4.95. The van der Waals surface area contributed by atoms with Gasteiger partial charge in [-0.1, -0.05) is 0 Å². The molecule has 0 aliphatic carbocycles. The van der Waals surface area contributed by atoms with E-state index in [0.29, 0.717) is 6.04 Å². The van der Waals surface area contributed by atoms with Gasteiger partial charge in [-0.2, -0.15) is 11.8 Å². The van der Waals surface area contributed by atoms with E-state index in [1.54, 1.807) is 0 Å². The fourth-order valence-corrected chi connectivity index (χ4v) is 5.14. The molecule has 0 amide bonds. The van der Waals surface area contributed by atoms with Gasteiger partial charge in [-0.3, -0.25) is 0 Å². The zero-order valence-corrected chi connectivity index (χ0v) is 14.1. The number of likely N-dealkylation sites (tertiary alicyclic amines) is 1. The minimum atomic E-state index is 0.530. The highest BCUT2D eigenvalue weighted by Gasteiger charge is 2.26. The molecule has 118 valence electrons. The van der Waals surface area contributed by atoms with E-state index in [4.69, 9.17) is 4.98 Å². The van der Waals surface area contributed by atoms with Gasteiger partial charge in [0.05, 0.1) is 0 Å². The van der Waals surface area contributed by atoms with E-state index >= 15 is 0 Å². The number of rotatable bonds is 3. The van der Waals surface area contributed by atoms with Gasteiger partial charge >= 0.3 is 0 Å². The Morgan fingerprint density at radius 1 is 1.36 bits per heavy atom. The number of aromatic nitrogens is 3. The van der Waals surface area contributed by atoms with E-state index < -0.39 is 0 Å². The molecule has 4 nitrogen and oxygen atoms in total. The third-order valence-corrected chi connectivity index (χ3v) is 6.21. The summed E-state index contributed by atoms with van der Waals surface area (Å²) in [5.41, 5.74) is 2.15. The van der Waals surface area contributed by atoms with Gasteiger partial charge < -0.3 is 9.47 Å². The van der Waals surface area contributed by atoms with Crippen LogP contribution in [-0.4, -0.2) is 51.1 Å². The number of hydrogen-bond acceptors (Lipinski definition) is 4. The molecule has 0 N–H and O–H groups in total. The molecule has 2 unspecified atom stereocenters. The van der Waals surface area contributed by atoms with E-state index in [-0.39, 0.29) is 0 Å². The predicted octanol–water partition coefficient (Wildman–Crippen LogP) is 2.99. The first-order chi connectivity index (χ1) is 10.8. The summed E-state index contributed by atoms with van der Waals surface area (Å²) < 4.78 is 2.47. The second-order valence-corrected chi connectivity index (χ2v) is 7.89. The number of piperidine rings is 1. The molecular formula is C17H24N4S. The molecule has 2 saturated heterocycles. The minimum Gasteiger partial charge on any atom is -0.308 e. The first-order valence-electron chi connectivity index (χ1n) is 8.39. The molecule has 5 heteroatoms. The van der Waals surface area contributed by atoms with Crippen LogP contribution in [0.4, 0.5) is 0 Å². The third kappa shape index (κ3) is 2.76. The third-order valence-electron chi connectivity index (χ3n) is 4.98. The van der Waals surface area contributed by atoms with Crippen LogP contribution in [0.1, 0.15) is 31.1 Å². The van der Waals surface area contributed by atoms with Crippen LogP contribution >= 0.6 is 11.8 Å². The van der Waals surface area contributed by atoms with Crippen molar-refractivity contribution >= 4 is 22.9 Å². The van der Waals surface area contributed by atoms with Gasteiger partial charge in [-0.25, -0.2) is 9.97 Å². The lowest BCUT2D eigenvalue weighted by Gasteiger charge is -2.31. The molecule has 0 bridgehead atoms. The van der Waals surface area contributed by atoms with E-state index in [9.17, 15) is 0 Å². The molecular weight excluding hydrogens is 292 g/mol. The molecule has 0 saturated carbocycles. The number of hydrogen-bond donors (Lipinski definition) is 0. The van der Waals surface area contributed by atoms with Crippen LogP contribution in [0, 0.1) is 5.92 Å². The Balaban J connectivity index is 1.72. The molecule has 0 spiro atoms. The summed E-state index contributed by atoms with van der Waals surface area (Å²) in [5.74, 6) is 4.67. The van der Waals surface area contributed by atoms with Crippen LogP contribution in [0.15, 0.2) is 18.3 Å².